The van der Waals surface area contributed by atoms with Gasteiger partial charge < -0.3 is 16.2 Å². The van der Waals surface area contributed by atoms with E-state index in [1.807, 2.05) is 13.8 Å². The van der Waals surface area contributed by atoms with Crippen molar-refractivity contribution < 1.29 is 14.7 Å². The Morgan fingerprint density at radius 1 is 1.58 bits per heavy atom. The van der Waals surface area contributed by atoms with Crippen LogP contribution in [0.1, 0.15) is 35.8 Å². The van der Waals surface area contributed by atoms with E-state index in [0.29, 0.717) is 18.0 Å². The van der Waals surface area contributed by atoms with Gasteiger partial charge in [0.15, 0.2) is 5.69 Å². The number of amides is 1. The van der Waals surface area contributed by atoms with Crippen molar-refractivity contribution in [2.45, 2.75) is 32.7 Å². The van der Waals surface area contributed by atoms with E-state index in [-0.39, 0.29) is 17.5 Å². The molecule has 106 valence electrons. The molecule has 0 saturated heterocycles. The van der Waals surface area contributed by atoms with Gasteiger partial charge in [-0.05, 0) is 5.92 Å². The van der Waals surface area contributed by atoms with Gasteiger partial charge in [-0.15, -0.1) is 11.3 Å². The molecule has 2 atom stereocenters. The summed E-state index contributed by atoms with van der Waals surface area (Å²) >= 11 is 1.27. The average Bonchev–Trinajstić information content (AvgIpc) is 2.85. The molecule has 6 nitrogen and oxygen atoms in total. The lowest BCUT2D eigenvalue weighted by Crippen LogP contribution is -2.45. The van der Waals surface area contributed by atoms with Gasteiger partial charge in [-0.1, -0.05) is 20.3 Å². The van der Waals surface area contributed by atoms with Crippen LogP contribution in [-0.4, -0.2) is 34.6 Å². The molecule has 0 aliphatic rings. The highest BCUT2D eigenvalue weighted by Gasteiger charge is 2.18. The second-order valence-corrected chi connectivity index (χ2v) is 5.33. The molecule has 0 aliphatic carbocycles. The summed E-state index contributed by atoms with van der Waals surface area (Å²) in [6, 6.07) is -0.504. The van der Waals surface area contributed by atoms with Gasteiger partial charge in [-0.3, -0.25) is 4.79 Å². The Labute approximate surface area is 116 Å². The number of carbonyl (C=O) groups excluding carboxylic acids is 1. The molecule has 1 aromatic heterocycles. The molecular formula is C12H19N3O3S. The number of carboxylic acid groups (broad SMARTS) is 1. The highest BCUT2D eigenvalue weighted by atomic mass is 32.1. The predicted molar refractivity (Wildman–Crippen MR) is 73.2 cm³/mol. The number of hydrogen-bond donors (Lipinski definition) is 3. The fourth-order valence-electron chi connectivity index (χ4n) is 1.45. The van der Waals surface area contributed by atoms with Crippen LogP contribution in [0.25, 0.3) is 0 Å². The number of nitrogens with two attached hydrogens (primary N) is 1. The fraction of sp³-hybridized carbons (Fsp3) is 0.583. The highest BCUT2D eigenvalue weighted by Crippen LogP contribution is 2.10. The summed E-state index contributed by atoms with van der Waals surface area (Å²) in [6.45, 7) is 4.33. The van der Waals surface area contributed by atoms with Crippen molar-refractivity contribution in [1.29, 1.82) is 0 Å². The Balaban J connectivity index is 2.37. The maximum Gasteiger partial charge on any atom is 0.355 e. The number of nitrogens with zero attached hydrogens (tertiary/aromatic N) is 1. The summed E-state index contributed by atoms with van der Waals surface area (Å²) in [5.41, 5.74) is 5.84. The molecule has 1 rings (SSSR count). The molecule has 4 N–H and O–H groups in total. The zero-order valence-corrected chi connectivity index (χ0v) is 11.9. The van der Waals surface area contributed by atoms with Crippen LogP contribution in [0.15, 0.2) is 5.38 Å². The average molecular weight is 285 g/mol. The number of nitrogens with one attached hydrogen (secondary N) is 1. The lowest BCUT2D eigenvalue weighted by atomic mass is 9.99. The Hall–Kier alpha value is -1.47. The Morgan fingerprint density at radius 2 is 2.26 bits per heavy atom. The Bertz CT molecular complexity index is 447. The molecule has 0 aromatic carbocycles. The van der Waals surface area contributed by atoms with E-state index in [0.717, 1.165) is 6.42 Å². The summed E-state index contributed by atoms with van der Waals surface area (Å²) < 4.78 is 0. The van der Waals surface area contributed by atoms with E-state index in [2.05, 4.69) is 10.3 Å². The minimum atomic E-state index is -1.04. The summed E-state index contributed by atoms with van der Waals surface area (Å²) in [4.78, 5) is 26.3. The maximum absolute atomic E-state index is 11.7. The van der Waals surface area contributed by atoms with Crippen molar-refractivity contribution in [1.82, 2.24) is 10.3 Å². The van der Waals surface area contributed by atoms with E-state index < -0.39 is 12.0 Å². The van der Waals surface area contributed by atoms with Crippen LogP contribution >= 0.6 is 11.3 Å². The van der Waals surface area contributed by atoms with Gasteiger partial charge >= 0.3 is 5.97 Å². The number of aromatic carboxylic acids is 1. The first kappa shape index (κ1) is 15.6. The number of thiazole rings is 1. The molecule has 0 bridgehead atoms. The van der Waals surface area contributed by atoms with Gasteiger partial charge in [0.1, 0.15) is 0 Å². The molecule has 0 unspecified atom stereocenters. The van der Waals surface area contributed by atoms with Crippen molar-refractivity contribution in [3.63, 3.8) is 0 Å². The Kier molecular flexibility index (Phi) is 5.91. The third-order valence-electron chi connectivity index (χ3n) is 2.97. The second-order valence-electron chi connectivity index (χ2n) is 4.38. The van der Waals surface area contributed by atoms with E-state index in [4.69, 9.17) is 10.8 Å². The largest absolute Gasteiger partial charge is 0.476 e. The summed E-state index contributed by atoms with van der Waals surface area (Å²) in [5.74, 6) is -1.08. The number of rotatable bonds is 7. The SMILES string of the molecule is CC[C@H](C)[C@H](N)C(=O)NCCc1nc(C(=O)O)cs1. The number of carbonyl (C=O) groups is 2. The van der Waals surface area contributed by atoms with Crippen LogP contribution < -0.4 is 11.1 Å². The normalized spacial score (nSPS) is 13.8. The number of carboxylic acids is 1. The van der Waals surface area contributed by atoms with E-state index in [1.165, 1.54) is 16.7 Å². The van der Waals surface area contributed by atoms with Gasteiger partial charge in [0.2, 0.25) is 5.91 Å². The molecule has 19 heavy (non-hydrogen) atoms. The first-order valence-electron chi connectivity index (χ1n) is 6.16. The smallest absolute Gasteiger partial charge is 0.355 e. The molecule has 0 aliphatic heterocycles. The molecule has 1 heterocycles. The molecular weight excluding hydrogens is 266 g/mol. The first-order chi connectivity index (χ1) is 8.95. The van der Waals surface area contributed by atoms with Crippen LogP contribution in [-0.2, 0) is 11.2 Å². The van der Waals surface area contributed by atoms with Crippen molar-refractivity contribution >= 4 is 23.2 Å². The molecule has 1 aromatic rings. The van der Waals surface area contributed by atoms with E-state index in [1.54, 1.807) is 0 Å². The van der Waals surface area contributed by atoms with Crippen molar-refractivity contribution in [3.05, 3.63) is 16.1 Å². The van der Waals surface area contributed by atoms with Crippen LogP contribution in [0.3, 0.4) is 0 Å². The van der Waals surface area contributed by atoms with Crippen LogP contribution in [0.4, 0.5) is 0 Å². The number of hydrogen-bond acceptors (Lipinski definition) is 5. The van der Waals surface area contributed by atoms with Gasteiger partial charge in [0.05, 0.1) is 11.0 Å². The van der Waals surface area contributed by atoms with Gasteiger partial charge in [-0.25, -0.2) is 9.78 Å². The van der Waals surface area contributed by atoms with Crippen LogP contribution in [0.5, 0.6) is 0 Å². The first-order valence-corrected chi connectivity index (χ1v) is 7.04. The second kappa shape index (κ2) is 7.20. The van der Waals surface area contributed by atoms with E-state index >= 15 is 0 Å². The topological polar surface area (TPSA) is 105 Å². The molecule has 1 amide bonds. The third-order valence-corrected chi connectivity index (χ3v) is 3.88. The summed E-state index contributed by atoms with van der Waals surface area (Å²) in [6.07, 6.45) is 1.36. The Morgan fingerprint density at radius 3 is 2.79 bits per heavy atom. The monoisotopic (exact) mass is 285 g/mol. The predicted octanol–water partition coefficient (Wildman–Crippen LogP) is 0.873. The van der Waals surface area contributed by atoms with Crippen molar-refractivity contribution in [2.75, 3.05) is 6.54 Å². The highest BCUT2D eigenvalue weighted by molar-refractivity contribution is 7.09. The molecule has 7 heteroatoms. The van der Waals surface area contributed by atoms with Crippen molar-refractivity contribution in [2.24, 2.45) is 11.7 Å². The zero-order valence-electron chi connectivity index (χ0n) is 11.0. The molecule has 0 fully saturated rings. The quantitative estimate of drug-likeness (QED) is 0.689. The van der Waals surface area contributed by atoms with E-state index in [9.17, 15) is 9.59 Å². The minimum Gasteiger partial charge on any atom is -0.476 e. The summed E-state index contributed by atoms with van der Waals surface area (Å²) in [7, 11) is 0. The lowest BCUT2D eigenvalue weighted by molar-refractivity contribution is -0.123. The van der Waals surface area contributed by atoms with Gasteiger partial charge in [0.25, 0.3) is 0 Å². The van der Waals surface area contributed by atoms with Crippen LogP contribution in [0.2, 0.25) is 0 Å². The number of aromatic nitrogens is 1. The lowest BCUT2D eigenvalue weighted by Gasteiger charge is -2.17. The standard InChI is InChI=1S/C12H19N3O3S/c1-3-7(2)10(13)11(16)14-5-4-9-15-8(6-19-9)12(17)18/h6-7,10H,3-5,13H2,1-2H3,(H,14,16)(H,17,18)/t7-,10-/m0/s1. The zero-order chi connectivity index (χ0) is 14.4. The van der Waals surface area contributed by atoms with Crippen LogP contribution in [0, 0.1) is 5.92 Å². The minimum absolute atomic E-state index is 0.0441. The molecule has 0 radical (unpaired) electrons. The third kappa shape index (κ3) is 4.60. The van der Waals surface area contributed by atoms with Gasteiger partial charge in [-0.2, -0.15) is 0 Å². The van der Waals surface area contributed by atoms with Crippen molar-refractivity contribution in [3.8, 4) is 0 Å². The summed E-state index contributed by atoms with van der Waals surface area (Å²) in [5, 5.41) is 13.7. The molecule has 0 saturated carbocycles. The fourth-order valence-corrected chi connectivity index (χ4v) is 2.22. The van der Waals surface area contributed by atoms with Gasteiger partial charge in [0, 0.05) is 18.3 Å². The maximum atomic E-state index is 11.7. The molecule has 0 spiro atoms.